The molecule has 8 heteroatoms. The topological polar surface area (TPSA) is 84.9 Å². The van der Waals surface area contributed by atoms with E-state index in [9.17, 15) is 13.2 Å². The maximum atomic E-state index is 13.4. The van der Waals surface area contributed by atoms with Gasteiger partial charge in [-0.3, -0.25) is 9.10 Å². The molecule has 3 aromatic carbocycles. The molecule has 0 saturated heterocycles. The van der Waals surface area contributed by atoms with Crippen molar-refractivity contribution in [3.8, 4) is 11.5 Å². The fourth-order valence-electron chi connectivity index (χ4n) is 3.51. The highest BCUT2D eigenvalue weighted by Crippen LogP contribution is 2.25. The Morgan fingerprint density at radius 3 is 2.29 bits per heavy atom. The second-order valence-electron chi connectivity index (χ2n) is 7.52. The van der Waals surface area contributed by atoms with E-state index in [0.29, 0.717) is 31.0 Å². The maximum Gasteiger partial charge on any atom is 0.264 e. The van der Waals surface area contributed by atoms with Gasteiger partial charge in [0.25, 0.3) is 10.0 Å². The van der Waals surface area contributed by atoms with E-state index >= 15 is 0 Å². The second-order valence-corrected chi connectivity index (χ2v) is 9.38. The smallest absolute Gasteiger partial charge is 0.264 e. The fourth-order valence-corrected chi connectivity index (χ4v) is 4.93. The van der Waals surface area contributed by atoms with E-state index in [2.05, 4.69) is 5.32 Å². The lowest BCUT2D eigenvalue weighted by molar-refractivity contribution is -0.119. The third-order valence-electron chi connectivity index (χ3n) is 5.19. The summed E-state index contributed by atoms with van der Waals surface area (Å²) >= 11 is 0. The number of anilines is 1. The number of sulfonamides is 1. The van der Waals surface area contributed by atoms with E-state index in [1.807, 2.05) is 31.2 Å². The predicted molar refractivity (Wildman–Crippen MR) is 133 cm³/mol. The summed E-state index contributed by atoms with van der Waals surface area (Å²) in [4.78, 5) is 12.8. The van der Waals surface area contributed by atoms with E-state index in [-0.39, 0.29) is 17.3 Å². The lowest BCUT2D eigenvalue weighted by Crippen LogP contribution is -2.41. The minimum absolute atomic E-state index is 0.0868. The van der Waals surface area contributed by atoms with Crippen molar-refractivity contribution >= 4 is 21.6 Å². The van der Waals surface area contributed by atoms with Gasteiger partial charge in [-0.1, -0.05) is 36.4 Å². The predicted octanol–water partition coefficient (Wildman–Crippen LogP) is 4.04. The van der Waals surface area contributed by atoms with Crippen molar-refractivity contribution in [3.63, 3.8) is 0 Å². The number of hydrogen-bond acceptors (Lipinski definition) is 5. The van der Waals surface area contributed by atoms with Crippen LogP contribution in [-0.2, 0) is 21.2 Å². The molecule has 180 valence electrons. The number of para-hydroxylation sites is 2. The molecule has 1 amide bonds. The van der Waals surface area contributed by atoms with Crippen LogP contribution < -0.4 is 19.1 Å². The van der Waals surface area contributed by atoms with Crippen LogP contribution in [-0.4, -0.2) is 41.1 Å². The van der Waals surface area contributed by atoms with Crippen molar-refractivity contribution < 1.29 is 22.7 Å². The molecule has 0 radical (unpaired) electrons. The first-order valence-corrected chi connectivity index (χ1v) is 12.6. The summed E-state index contributed by atoms with van der Waals surface area (Å²) in [5, 5.41) is 2.83. The summed E-state index contributed by atoms with van der Waals surface area (Å²) in [6.07, 6.45) is 1.43. The molecule has 0 aliphatic carbocycles. The van der Waals surface area contributed by atoms with Gasteiger partial charge >= 0.3 is 0 Å². The van der Waals surface area contributed by atoms with Gasteiger partial charge in [0.05, 0.1) is 24.3 Å². The van der Waals surface area contributed by atoms with Gasteiger partial charge in [-0.25, -0.2) is 8.42 Å². The van der Waals surface area contributed by atoms with Crippen molar-refractivity contribution in [2.75, 3.05) is 31.1 Å². The number of nitrogens with zero attached hydrogens (tertiary/aromatic N) is 1. The van der Waals surface area contributed by atoms with Crippen LogP contribution >= 0.6 is 0 Å². The summed E-state index contributed by atoms with van der Waals surface area (Å²) < 4.78 is 38.7. The quantitative estimate of drug-likeness (QED) is 0.394. The highest BCUT2D eigenvalue weighted by atomic mass is 32.2. The minimum Gasteiger partial charge on any atom is -0.496 e. The molecule has 0 spiro atoms. The Kier molecular flexibility index (Phi) is 8.93. The van der Waals surface area contributed by atoms with E-state index in [1.54, 1.807) is 49.6 Å². The molecule has 1 N–H and O–H groups in total. The largest absolute Gasteiger partial charge is 0.496 e. The molecule has 3 rings (SSSR count). The minimum atomic E-state index is -3.96. The molecule has 0 heterocycles. The Labute approximate surface area is 201 Å². The second kappa shape index (κ2) is 12.1. The van der Waals surface area contributed by atoms with Crippen molar-refractivity contribution in [3.05, 3.63) is 84.4 Å². The monoisotopic (exact) mass is 482 g/mol. The van der Waals surface area contributed by atoms with E-state index in [1.165, 1.54) is 12.1 Å². The first kappa shape index (κ1) is 25.1. The van der Waals surface area contributed by atoms with Gasteiger partial charge in [-0.05, 0) is 67.8 Å². The lowest BCUT2D eigenvalue weighted by atomic mass is 10.1. The molecular formula is C26H30N2O5S. The summed E-state index contributed by atoms with van der Waals surface area (Å²) in [5.74, 6) is 1.02. The maximum absolute atomic E-state index is 13.4. The number of rotatable bonds is 12. The van der Waals surface area contributed by atoms with Crippen LogP contribution in [0.3, 0.4) is 0 Å². The number of amides is 1. The van der Waals surface area contributed by atoms with E-state index < -0.39 is 10.0 Å². The Bertz CT molecular complexity index is 1170. The molecule has 34 heavy (non-hydrogen) atoms. The Balaban J connectivity index is 1.68. The molecule has 0 aromatic heterocycles. The fraction of sp³-hybridized carbons (Fsp3) is 0.269. The average molecular weight is 483 g/mol. The standard InChI is InChI=1S/C26H30N2O5S/c1-3-33-23-15-17-24(18-16-23)34(30,31)28(22-12-5-4-6-13-22)20-26(29)27-19-9-11-21-10-7-8-14-25(21)32-2/h4-8,10,12-18H,3,9,11,19-20H2,1-2H3,(H,27,29). The highest BCUT2D eigenvalue weighted by molar-refractivity contribution is 7.92. The number of nitrogens with one attached hydrogen (secondary N) is 1. The Hall–Kier alpha value is -3.52. The summed E-state index contributed by atoms with van der Waals surface area (Å²) in [6, 6.07) is 22.5. The summed E-state index contributed by atoms with van der Waals surface area (Å²) in [5.41, 5.74) is 1.48. The van der Waals surface area contributed by atoms with Gasteiger partial charge in [0, 0.05) is 6.54 Å². The first-order chi connectivity index (χ1) is 16.5. The van der Waals surface area contributed by atoms with Gasteiger partial charge in [-0.2, -0.15) is 0 Å². The van der Waals surface area contributed by atoms with Crippen molar-refractivity contribution in [2.45, 2.75) is 24.7 Å². The van der Waals surface area contributed by atoms with Crippen LogP contribution in [0, 0.1) is 0 Å². The van der Waals surface area contributed by atoms with E-state index in [0.717, 1.165) is 22.0 Å². The van der Waals surface area contributed by atoms with Crippen LogP contribution in [0.4, 0.5) is 5.69 Å². The number of methoxy groups -OCH3 is 1. The third-order valence-corrected chi connectivity index (χ3v) is 6.98. The summed E-state index contributed by atoms with van der Waals surface area (Å²) in [7, 11) is -2.33. The number of aryl methyl sites for hydroxylation is 1. The van der Waals surface area contributed by atoms with Crippen molar-refractivity contribution in [2.24, 2.45) is 0 Å². The Morgan fingerprint density at radius 1 is 0.941 bits per heavy atom. The van der Waals surface area contributed by atoms with Crippen LogP contribution in [0.15, 0.2) is 83.8 Å². The zero-order valence-corrected chi connectivity index (χ0v) is 20.3. The molecule has 0 atom stereocenters. The molecule has 7 nitrogen and oxygen atoms in total. The SMILES string of the molecule is CCOc1ccc(S(=O)(=O)N(CC(=O)NCCCc2ccccc2OC)c2ccccc2)cc1. The van der Waals surface area contributed by atoms with Gasteiger partial charge in [0.1, 0.15) is 18.0 Å². The molecule has 3 aromatic rings. The van der Waals surface area contributed by atoms with Crippen molar-refractivity contribution in [1.82, 2.24) is 5.32 Å². The molecular weight excluding hydrogens is 452 g/mol. The van der Waals surface area contributed by atoms with Crippen molar-refractivity contribution in [1.29, 1.82) is 0 Å². The first-order valence-electron chi connectivity index (χ1n) is 11.1. The lowest BCUT2D eigenvalue weighted by Gasteiger charge is -2.24. The molecule has 0 saturated carbocycles. The zero-order valence-electron chi connectivity index (χ0n) is 19.4. The molecule has 0 bridgehead atoms. The van der Waals surface area contributed by atoms with Gasteiger partial charge < -0.3 is 14.8 Å². The third kappa shape index (κ3) is 6.51. The average Bonchev–Trinajstić information content (AvgIpc) is 2.86. The zero-order chi connectivity index (χ0) is 24.4. The van der Waals surface area contributed by atoms with Crippen LogP contribution in [0.5, 0.6) is 11.5 Å². The van der Waals surface area contributed by atoms with Gasteiger partial charge in [-0.15, -0.1) is 0 Å². The number of benzene rings is 3. The van der Waals surface area contributed by atoms with E-state index in [4.69, 9.17) is 9.47 Å². The van der Waals surface area contributed by atoms with Crippen LogP contribution in [0.25, 0.3) is 0 Å². The molecule has 0 aliphatic heterocycles. The van der Waals surface area contributed by atoms with Crippen LogP contribution in [0.2, 0.25) is 0 Å². The highest BCUT2D eigenvalue weighted by Gasteiger charge is 2.27. The molecule has 0 unspecified atom stereocenters. The van der Waals surface area contributed by atoms with Gasteiger partial charge in [0.2, 0.25) is 5.91 Å². The Morgan fingerprint density at radius 2 is 1.62 bits per heavy atom. The number of ether oxygens (including phenoxy) is 2. The van der Waals surface area contributed by atoms with Gasteiger partial charge in [0.15, 0.2) is 0 Å². The normalized spacial score (nSPS) is 11.0. The number of carbonyl (C=O) groups is 1. The number of hydrogen-bond donors (Lipinski definition) is 1. The molecule has 0 fully saturated rings. The summed E-state index contributed by atoms with van der Waals surface area (Å²) in [6.45, 7) is 2.44. The number of carbonyl (C=O) groups excluding carboxylic acids is 1. The van der Waals surface area contributed by atoms with Crippen LogP contribution in [0.1, 0.15) is 18.9 Å². The molecule has 0 aliphatic rings.